The van der Waals surface area contributed by atoms with Crippen LogP contribution in [0.1, 0.15) is 104 Å². The number of hydrogen-bond donors (Lipinski definition) is 0. The number of likely N-dealkylation sites (tertiary alicyclic amines) is 1. The fraction of sp³-hybridized carbons (Fsp3) is 0.667. The molecule has 1 heterocycles. The third-order valence-corrected chi connectivity index (χ3v) is 7.03. The lowest BCUT2D eigenvalue weighted by Gasteiger charge is -2.36. The Bertz CT molecular complexity index is 776. The van der Waals surface area contributed by atoms with Gasteiger partial charge in [-0.25, -0.2) is 4.79 Å². The Morgan fingerprint density at radius 1 is 0.943 bits per heavy atom. The van der Waals surface area contributed by atoms with E-state index in [9.17, 15) is 9.59 Å². The van der Waals surface area contributed by atoms with Crippen molar-refractivity contribution in [2.24, 2.45) is 5.41 Å². The second-order valence-electron chi connectivity index (χ2n) is 10.4. The highest BCUT2D eigenvalue weighted by Gasteiger charge is 2.33. The first-order valence-corrected chi connectivity index (χ1v) is 13.8. The maximum atomic E-state index is 12.6. The van der Waals surface area contributed by atoms with Gasteiger partial charge in [0.25, 0.3) is 0 Å². The molecule has 1 aromatic carbocycles. The average Bonchev–Trinajstić information content (AvgIpc) is 2.87. The molecule has 0 spiro atoms. The highest BCUT2D eigenvalue weighted by molar-refractivity contribution is 5.87. The van der Waals surface area contributed by atoms with Gasteiger partial charge in [0.2, 0.25) is 5.91 Å². The summed E-state index contributed by atoms with van der Waals surface area (Å²) in [6.07, 6.45) is 15.6. The molecule has 0 saturated carbocycles. The van der Waals surface area contributed by atoms with Crippen molar-refractivity contribution in [3.8, 4) is 5.75 Å². The maximum Gasteiger partial charge on any atom is 0.331 e. The number of carbonyl (C=O) groups is 2. The standard InChI is InChI=1S/C30H47NO4/c1-5-7-8-9-10-11-12-13-24-34-26-17-14-25(15-18-26)16-19-28(32)35-27-20-22-31(23-21-27)29(33)30(3,4)6-2/h14-19,27H,5-13,20-24H2,1-4H3/b19-16+. The van der Waals surface area contributed by atoms with Gasteiger partial charge in [-0.1, -0.05) is 84.8 Å². The van der Waals surface area contributed by atoms with Crippen LogP contribution in [0.5, 0.6) is 5.75 Å². The number of nitrogens with zero attached hydrogens (tertiary/aromatic N) is 1. The van der Waals surface area contributed by atoms with Crippen molar-refractivity contribution in [2.75, 3.05) is 19.7 Å². The summed E-state index contributed by atoms with van der Waals surface area (Å²) in [5, 5.41) is 0. The lowest BCUT2D eigenvalue weighted by atomic mass is 9.87. The number of carbonyl (C=O) groups excluding carboxylic acids is 2. The van der Waals surface area contributed by atoms with Crippen LogP contribution in [0.15, 0.2) is 30.3 Å². The maximum absolute atomic E-state index is 12.6. The van der Waals surface area contributed by atoms with E-state index in [1.54, 1.807) is 6.08 Å². The third-order valence-electron chi connectivity index (χ3n) is 7.03. The summed E-state index contributed by atoms with van der Waals surface area (Å²) in [5.41, 5.74) is 0.601. The van der Waals surface area contributed by atoms with E-state index in [0.717, 1.165) is 30.8 Å². The predicted molar refractivity (Wildman–Crippen MR) is 143 cm³/mol. The van der Waals surface area contributed by atoms with Gasteiger partial charge in [-0.05, 0) is 36.6 Å². The van der Waals surface area contributed by atoms with Gasteiger partial charge in [0, 0.05) is 37.4 Å². The Hall–Kier alpha value is -2.30. The number of amides is 1. The molecular weight excluding hydrogens is 438 g/mol. The molecule has 1 aromatic rings. The van der Waals surface area contributed by atoms with Crippen LogP contribution in [0.3, 0.4) is 0 Å². The third kappa shape index (κ3) is 10.9. The summed E-state index contributed by atoms with van der Waals surface area (Å²) in [4.78, 5) is 26.8. The number of rotatable bonds is 15. The summed E-state index contributed by atoms with van der Waals surface area (Å²) in [6.45, 7) is 10.3. The van der Waals surface area contributed by atoms with Gasteiger partial charge in [-0.2, -0.15) is 0 Å². The molecule has 1 fully saturated rings. The van der Waals surface area contributed by atoms with Gasteiger partial charge in [-0.15, -0.1) is 0 Å². The van der Waals surface area contributed by atoms with Crippen LogP contribution in [0.25, 0.3) is 6.08 Å². The fourth-order valence-corrected chi connectivity index (χ4v) is 4.22. The number of ether oxygens (including phenoxy) is 2. The van der Waals surface area contributed by atoms with E-state index < -0.39 is 0 Å². The van der Waals surface area contributed by atoms with Crippen molar-refractivity contribution >= 4 is 18.0 Å². The van der Waals surface area contributed by atoms with E-state index in [-0.39, 0.29) is 23.4 Å². The zero-order valence-electron chi connectivity index (χ0n) is 22.5. The van der Waals surface area contributed by atoms with Crippen molar-refractivity contribution in [1.29, 1.82) is 0 Å². The Morgan fingerprint density at radius 2 is 1.54 bits per heavy atom. The van der Waals surface area contributed by atoms with Crippen molar-refractivity contribution in [3.63, 3.8) is 0 Å². The van der Waals surface area contributed by atoms with Crippen LogP contribution >= 0.6 is 0 Å². The van der Waals surface area contributed by atoms with Crippen molar-refractivity contribution < 1.29 is 19.1 Å². The summed E-state index contributed by atoms with van der Waals surface area (Å²) < 4.78 is 11.4. The average molecular weight is 486 g/mol. The van der Waals surface area contributed by atoms with Crippen molar-refractivity contribution in [3.05, 3.63) is 35.9 Å². The van der Waals surface area contributed by atoms with Crippen LogP contribution in [-0.2, 0) is 14.3 Å². The quantitative estimate of drug-likeness (QED) is 0.150. The summed E-state index contributed by atoms with van der Waals surface area (Å²) in [5.74, 6) is 0.716. The number of hydrogen-bond acceptors (Lipinski definition) is 4. The molecule has 0 atom stereocenters. The molecule has 0 radical (unpaired) electrons. The van der Waals surface area contributed by atoms with Crippen LogP contribution in [0.4, 0.5) is 0 Å². The lowest BCUT2D eigenvalue weighted by Crippen LogP contribution is -2.46. The van der Waals surface area contributed by atoms with Crippen LogP contribution < -0.4 is 4.74 Å². The first-order chi connectivity index (χ1) is 16.9. The van der Waals surface area contributed by atoms with Crippen LogP contribution in [-0.4, -0.2) is 42.6 Å². The number of piperidine rings is 1. The predicted octanol–water partition coefficient (Wildman–Crippen LogP) is 7.19. The molecule has 35 heavy (non-hydrogen) atoms. The fourth-order valence-electron chi connectivity index (χ4n) is 4.22. The molecule has 1 aliphatic rings. The normalized spacial score (nSPS) is 14.9. The number of benzene rings is 1. The van der Waals surface area contributed by atoms with E-state index in [2.05, 4.69) is 6.92 Å². The highest BCUT2D eigenvalue weighted by atomic mass is 16.5. The molecule has 1 saturated heterocycles. The topological polar surface area (TPSA) is 55.8 Å². The molecule has 196 valence electrons. The minimum atomic E-state index is -0.335. The molecule has 5 heteroatoms. The van der Waals surface area contributed by atoms with Gasteiger partial charge < -0.3 is 14.4 Å². The molecule has 0 aromatic heterocycles. The van der Waals surface area contributed by atoms with Crippen molar-refractivity contribution in [1.82, 2.24) is 4.90 Å². The highest BCUT2D eigenvalue weighted by Crippen LogP contribution is 2.26. The second kappa shape index (κ2) is 15.6. The van der Waals surface area contributed by atoms with E-state index in [0.29, 0.717) is 25.9 Å². The van der Waals surface area contributed by atoms with E-state index in [1.807, 2.05) is 49.9 Å². The molecule has 2 rings (SSSR count). The van der Waals surface area contributed by atoms with E-state index >= 15 is 0 Å². The largest absolute Gasteiger partial charge is 0.494 e. The number of esters is 1. The summed E-state index contributed by atoms with van der Waals surface area (Å²) >= 11 is 0. The zero-order chi connectivity index (χ0) is 25.5. The van der Waals surface area contributed by atoms with Gasteiger partial charge in [0.05, 0.1) is 6.61 Å². The number of unbranched alkanes of at least 4 members (excludes halogenated alkanes) is 7. The summed E-state index contributed by atoms with van der Waals surface area (Å²) in [7, 11) is 0. The van der Waals surface area contributed by atoms with E-state index in [1.165, 1.54) is 51.0 Å². The Balaban J connectivity index is 1.63. The Kier molecular flexibility index (Phi) is 12.9. The zero-order valence-corrected chi connectivity index (χ0v) is 22.5. The first kappa shape index (κ1) is 28.9. The van der Waals surface area contributed by atoms with Gasteiger partial charge >= 0.3 is 5.97 Å². The SMILES string of the molecule is CCCCCCCCCCOc1ccc(/C=C/C(=O)OC2CCN(C(=O)C(C)(C)CC)CC2)cc1. The molecule has 5 nitrogen and oxygen atoms in total. The molecule has 0 aliphatic carbocycles. The Morgan fingerprint density at radius 3 is 2.14 bits per heavy atom. The molecular formula is C30H47NO4. The van der Waals surface area contributed by atoms with E-state index in [4.69, 9.17) is 9.47 Å². The van der Waals surface area contributed by atoms with Gasteiger partial charge in [-0.3, -0.25) is 4.79 Å². The van der Waals surface area contributed by atoms with Gasteiger partial charge in [0.1, 0.15) is 11.9 Å². The minimum absolute atomic E-state index is 0.131. The second-order valence-corrected chi connectivity index (χ2v) is 10.4. The molecule has 1 aliphatic heterocycles. The molecule has 0 N–H and O–H groups in total. The first-order valence-electron chi connectivity index (χ1n) is 13.8. The lowest BCUT2D eigenvalue weighted by molar-refractivity contribution is -0.149. The minimum Gasteiger partial charge on any atom is -0.494 e. The van der Waals surface area contributed by atoms with Gasteiger partial charge in [0.15, 0.2) is 0 Å². The molecule has 1 amide bonds. The van der Waals surface area contributed by atoms with Crippen LogP contribution in [0, 0.1) is 5.41 Å². The summed E-state index contributed by atoms with van der Waals surface area (Å²) in [6, 6.07) is 7.79. The van der Waals surface area contributed by atoms with Crippen molar-refractivity contribution in [2.45, 2.75) is 104 Å². The van der Waals surface area contributed by atoms with Crippen LogP contribution in [0.2, 0.25) is 0 Å². The molecule has 0 bridgehead atoms. The Labute approximate surface area is 213 Å². The monoisotopic (exact) mass is 485 g/mol. The molecule has 0 unspecified atom stereocenters. The smallest absolute Gasteiger partial charge is 0.331 e.